The Bertz CT molecular complexity index is 425. The van der Waals surface area contributed by atoms with Gasteiger partial charge >= 0.3 is 0 Å². The highest BCUT2D eigenvalue weighted by molar-refractivity contribution is 6.31. The van der Waals surface area contributed by atoms with E-state index in [9.17, 15) is 0 Å². The van der Waals surface area contributed by atoms with Gasteiger partial charge in [0.05, 0.1) is 10.7 Å². The summed E-state index contributed by atoms with van der Waals surface area (Å²) >= 11 is 6.22. The van der Waals surface area contributed by atoms with Gasteiger partial charge < -0.3 is 10.3 Å². The lowest BCUT2D eigenvalue weighted by atomic mass is 10.2. The van der Waals surface area contributed by atoms with E-state index in [1.807, 2.05) is 6.07 Å². The van der Waals surface area contributed by atoms with Gasteiger partial charge in [0.25, 0.3) is 0 Å². The molecular formula is C13H22ClN5. The lowest BCUT2D eigenvalue weighted by molar-refractivity contribution is 0.192. The van der Waals surface area contributed by atoms with E-state index in [4.69, 9.17) is 17.4 Å². The first kappa shape index (κ1) is 14.5. The van der Waals surface area contributed by atoms with Crippen LogP contribution in [0, 0.1) is 0 Å². The van der Waals surface area contributed by atoms with E-state index >= 15 is 0 Å². The summed E-state index contributed by atoms with van der Waals surface area (Å²) in [4.78, 5) is 9.25. The molecule has 0 aromatic carbocycles. The fourth-order valence-corrected chi connectivity index (χ4v) is 2.69. The minimum Gasteiger partial charge on any atom is -0.308 e. The summed E-state index contributed by atoms with van der Waals surface area (Å²) in [5, 5.41) is 0.698. The first-order valence-corrected chi connectivity index (χ1v) is 7.02. The first-order valence-electron chi connectivity index (χ1n) is 6.65. The van der Waals surface area contributed by atoms with Gasteiger partial charge in [0, 0.05) is 25.7 Å². The summed E-state index contributed by atoms with van der Waals surface area (Å²) < 4.78 is 0. The van der Waals surface area contributed by atoms with Crippen molar-refractivity contribution in [3.8, 4) is 0 Å². The number of aromatic nitrogens is 1. The van der Waals surface area contributed by atoms with Crippen LogP contribution in [0.25, 0.3) is 0 Å². The van der Waals surface area contributed by atoms with Gasteiger partial charge in [-0.2, -0.15) is 0 Å². The van der Waals surface area contributed by atoms with E-state index in [0.717, 1.165) is 31.9 Å². The topological polar surface area (TPSA) is 57.4 Å². The number of anilines is 1. The maximum atomic E-state index is 6.22. The lowest BCUT2D eigenvalue weighted by Gasteiger charge is -2.27. The van der Waals surface area contributed by atoms with Gasteiger partial charge in [0.1, 0.15) is 5.82 Å². The average Bonchev–Trinajstić information content (AvgIpc) is 2.54. The Morgan fingerprint density at radius 3 is 3.00 bits per heavy atom. The molecule has 1 aromatic heterocycles. The van der Waals surface area contributed by atoms with Gasteiger partial charge in [-0.05, 0) is 39.1 Å². The summed E-state index contributed by atoms with van der Waals surface area (Å²) in [7, 11) is 2.17. The van der Waals surface area contributed by atoms with Crippen LogP contribution in [0.4, 0.5) is 5.82 Å². The van der Waals surface area contributed by atoms with Gasteiger partial charge in [-0.1, -0.05) is 11.6 Å². The Balaban J connectivity index is 2.11. The summed E-state index contributed by atoms with van der Waals surface area (Å²) in [5.74, 6) is 6.05. The number of pyridine rings is 1. The number of halogens is 1. The van der Waals surface area contributed by atoms with Crippen LogP contribution in [0.15, 0.2) is 12.1 Å². The van der Waals surface area contributed by atoms with Gasteiger partial charge in [-0.15, -0.1) is 0 Å². The van der Waals surface area contributed by atoms with Crippen molar-refractivity contribution in [2.75, 3.05) is 32.1 Å². The number of hydrogen-bond acceptors (Lipinski definition) is 5. The van der Waals surface area contributed by atoms with Gasteiger partial charge in [0.15, 0.2) is 0 Å². The highest BCUT2D eigenvalue weighted by atomic mass is 35.5. The minimum absolute atomic E-state index is 0.500. The summed E-state index contributed by atoms with van der Waals surface area (Å²) in [6.07, 6.45) is 1.17. The number of rotatable bonds is 3. The molecule has 19 heavy (non-hydrogen) atoms. The maximum Gasteiger partial charge on any atom is 0.140 e. The number of nitrogens with zero attached hydrogens (tertiary/aromatic N) is 3. The maximum absolute atomic E-state index is 6.22. The third-order valence-corrected chi connectivity index (χ3v) is 3.95. The van der Waals surface area contributed by atoms with E-state index in [2.05, 4.69) is 34.2 Å². The zero-order chi connectivity index (χ0) is 13.8. The quantitative estimate of drug-likeness (QED) is 0.651. The molecule has 0 bridgehead atoms. The van der Waals surface area contributed by atoms with Crippen molar-refractivity contribution in [2.45, 2.75) is 25.9 Å². The third-order valence-electron chi connectivity index (χ3n) is 3.60. The monoisotopic (exact) mass is 283 g/mol. The van der Waals surface area contributed by atoms with E-state index in [-0.39, 0.29) is 0 Å². The van der Waals surface area contributed by atoms with Crippen LogP contribution in [0.1, 0.15) is 19.0 Å². The molecule has 3 N–H and O–H groups in total. The number of likely N-dealkylation sites (N-methyl/N-ethyl adjacent to an activating group) is 1. The predicted octanol–water partition coefficient (Wildman–Crippen LogP) is 1.55. The molecule has 0 spiro atoms. The third kappa shape index (κ3) is 3.79. The second kappa shape index (κ2) is 6.52. The molecule has 1 unspecified atom stereocenters. The normalized spacial score (nSPS) is 22.2. The molecule has 0 aliphatic carbocycles. The number of hydrogen-bond donors (Lipinski definition) is 2. The molecule has 1 aliphatic heterocycles. The molecule has 2 rings (SSSR count). The van der Waals surface area contributed by atoms with Crippen LogP contribution in [0.3, 0.4) is 0 Å². The fourth-order valence-electron chi connectivity index (χ4n) is 2.52. The van der Waals surface area contributed by atoms with Crippen molar-refractivity contribution < 1.29 is 0 Å². The number of nitrogens with one attached hydrogen (secondary N) is 1. The molecule has 5 nitrogen and oxygen atoms in total. The van der Waals surface area contributed by atoms with Crippen LogP contribution < -0.4 is 11.3 Å². The lowest BCUT2D eigenvalue weighted by Crippen LogP contribution is -2.37. The molecule has 2 heterocycles. The molecule has 0 amide bonds. The van der Waals surface area contributed by atoms with Crippen molar-refractivity contribution in [1.29, 1.82) is 0 Å². The zero-order valence-corrected chi connectivity index (χ0v) is 12.3. The smallest absolute Gasteiger partial charge is 0.140 e. The molecule has 0 radical (unpaired) electrons. The molecular weight excluding hydrogens is 262 g/mol. The van der Waals surface area contributed by atoms with Crippen LogP contribution in [0.2, 0.25) is 5.02 Å². The SMILES string of the molecule is CC1CN(C)CCCN1Cc1nc(NN)ccc1Cl. The average molecular weight is 284 g/mol. The molecule has 1 saturated heterocycles. The zero-order valence-electron chi connectivity index (χ0n) is 11.6. The van der Waals surface area contributed by atoms with Crippen LogP contribution in [0.5, 0.6) is 0 Å². The van der Waals surface area contributed by atoms with Gasteiger partial charge in [0.2, 0.25) is 0 Å². The van der Waals surface area contributed by atoms with Crippen molar-refractivity contribution in [3.05, 3.63) is 22.8 Å². The Kier molecular flexibility index (Phi) is 4.99. The number of nitrogen functional groups attached to an aromatic ring is 1. The second-order valence-corrected chi connectivity index (χ2v) is 5.61. The van der Waals surface area contributed by atoms with E-state index < -0.39 is 0 Å². The Labute approximate surface area is 119 Å². The Morgan fingerprint density at radius 1 is 1.47 bits per heavy atom. The molecule has 1 aliphatic rings. The van der Waals surface area contributed by atoms with E-state index in [0.29, 0.717) is 16.9 Å². The van der Waals surface area contributed by atoms with Crippen molar-refractivity contribution in [1.82, 2.24) is 14.8 Å². The largest absolute Gasteiger partial charge is 0.308 e. The van der Waals surface area contributed by atoms with Crippen molar-refractivity contribution >= 4 is 17.4 Å². The van der Waals surface area contributed by atoms with Crippen LogP contribution >= 0.6 is 11.6 Å². The first-order chi connectivity index (χ1) is 9.10. The standard InChI is InChI=1S/C13H22ClN5/c1-10-8-18(2)6-3-7-19(10)9-12-11(14)4-5-13(16-12)17-15/h4-5,10H,3,6-9,15H2,1-2H3,(H,16,17). The Hall–Kier alpha value is -0.880. The number of hydrazine groups is 1. The molecule has 1 fully saturated rings. The molecule has 0 saturated carbocycles. The fraction of sp³-hybridized carbons (Fsp3) is 0.615. The van der Waals surface area contributed by atoms with Crippen molar-refractivity contribution in [3.63, 3.8) is 0 Å². The Morgan fingerprint density at radius 2 is 2.26 bits per heavy atom. The highest BCUT2D eigenvalue weighted by Gasteiger charge is 2.20. The van der Waals surface area contributed by atoms with Crippen LogP contribution in [-0.2, 0) is 6.54 Å². The molecule has 6 heteroatoms. The van der Waals surface area contributed by atoms with Crippen molar-refractivity contribution in [2.24, 2.45) is 5.84 Å². The van der Waals surface area contributed by atoms with E-state index in [1.54, 1.807) is 6.07 Å². The van der Waals surface area contributed by atoms with Gasteiger partial charge in [-0.3, -0.25) is 4.90 Å². The number of nitrogens with two attached hydrogens (primary N) is 1. The molecule has 1 aromatic rings. The minimum atomic E-state index is 0.500. The summed E-state index contributed by atoms with van der Waals surface area (Å²) in [6, 6.07) is 4.12. The van der Waals surface area contributed by atoms with Gasteiger partial charge in [-0.25, -0.2) is 10.8 Å². The predicted molar refractivity (Wildman–Crippen MR) is 79.0 cm³/mol. The highest BCUT2D eigenvalue weighted by Crippen LogP contribution is 2.20. The molecule has 106 valence electrons. The summed E-state index contributed by atoms with van der Waals surface area (Å²) in [6.45, 7) is 6.31. The second-order valence-electron chi connectivity index (χ2n) is 5.20. The summed E-state index contributed by atoms with van der Waals surface area (Å²) in [5.41, 5.74) is 3.45. The molecule has 1 atom stereocenters. The van der Waals surface area contributed by atoms with E-state index in [1.165, 1.54) is 6.42 Å². The van der Waals surface area contributed by atoms with Crippen LogP contribution in [-0.4, -0.2) is 47.5 Å².